The highest BCUT2D eigenvalue weighted by molar-refractivity contribution is 8.00. The summed E-state index contributed by atoms with van der Waals surface area (Å²) in [5.41, 5.74) is 4.74. The Morgan fingerprint density at radius 2 is 1.27 bits per heavy atom. The molecule has 2 N–H and O–H groups in total. The van der Waals surface area contributed by atoms with E-state index >= 15 is 0 Å². The number of amides is 2. The topological polar surface area (TPSA) is 86.7 Å². The highest BCUT2D eigenvalue weighted by Crippen LogP contribution is 2.36. The Morgan fingerprint density at radius 3 is 1.86 bits per heavy atom. The first kappa shape index (κ1) is 24.3. The number of hydrogen-bond donors (Lipinski definition) is 2. The Hall–Kier alpha value is -4.36. The molecule has 184 valence electrons. The van der Waals surface area contributed by atoms with Crippen LogP contribution in [-0.2, 0) is 17.6 Å². The number of nitrogens with zero attached hydrogens (tertiary/aromatic N) is 1. The van der Waals surface area contributed by atoms with Gasteiger partial charge in [-0.3, -0.25) is 14.5 Å². The quantitative estimate of drug-likeness (QED) is 0.303. The van der Waals surface area contributed by atoms with Gasteiger partial charge in [0.25, 0.3) is 5.91 Å². The molecular formula is C30H24N2O4S. The zero-order valence-corrected chi connectivity index (χ0v) is 20.7. The summed E-state index contributed by atoms with van der Waals surface area (Å²) in [6.07, 6.45) is 1.77. The van der Waals surface area contributed by atoms with E-state index in [1.165, 1.54) is 23.9 Å². The third-order valence-electron chi connectivity index (χ3n) is 6.25. The maximum absolute atomic E-state index is 13.5. The number of nitrogens with one attached hydrogen (secondary N) is 1. The fourth-order valence-electron chi connectivity index (χ4n) is 4.46. The molecule has 7 heteroatoms. The van der Waals surface area contributed by atoms with Crippen LogP contribution in [0.5, 0.6) is 0 Å². The molecule has 0 fully saturated rings. The van der Waals surface area contributed by atoms with Crippen molar-refractivity contribution in [3.63, 3.8) is 0 Å². The Balaban J connectivity index is 1.28. The molecule has 1 heterocycles. The lowest BCUT2D eigenvalue weighted by molar-refractivity contribution is -0.115. The van der Waals surface area contributed by atoms with Crippen molar-refractivity contribution in [2.75, 3.05) is 16.0 Å². The summed E-state index contributed by atoms with van der Waals surface area (Å²) in [7, 11) is 0. The van der Waals surface area contributed by atoms with Gasteiger partial charge in [-0.05, 0) is 72.5 Å². The lowest BCUT2D eigenvalue weighted by Crippen LogP contribution is -2.28. The molecule has 0 unspecified atom stereocenters. The van der Waals surface area contributed by atoms with E-state index in [-0.39, 0.29) is 22.8 Å². The predicted molar refractivity (Wildman–Crippen MR) is 146 cm³/mol. The van der Waals surface area contributed by atoms with Crippen molar-refractivity contribution in [1.82, 2.24) is 0 Å². The van der Waals surface area contributed by atoms with Crippen LogP contribution in [0.1, 0.15) is 31.8 Å². The molecule has 0 bridgehead atoms. The van der Waals surface area contributed by atoms with E-state index in [1.54, 1.807) is 24.3 Å². The van der Waals surface area contributed by atoms with Crippen LogP contribution in [0.3, 0.4) is 0 Å². The highest BCUT2D eigenvalue weighted by Gasteiger charge is 2.25. The van der Waals surface area contributed by atoms with Crippen LogP contribution in [0, 0.1) is 0 Å². The number of carboxylic acids is 1. The van der Waals surface area contributed by atoms with Crippen molar-refractivity contribution in [2.24, 2.45) is 0 Å². The molecule has 2 amide bonds. The molecular weight excluding hydrogens is 484 g/mol. The number of fused-ring (bicyclic) bond motifs is 2. The molecule has 4 aromatic rings. The summed E-state index contributed by atoms with van der Waals surface area (Å²) in [6.45, 7) is 0. The van der Waals surface area contributed by atoms with Gasteiger partial charge in [-0.15, -0.1) is 11.8 Å². The van der Waals surface area contributed by atoms with Gasteiger partial charge in [0, 0.05) is 10.6 Å². The number of carbonyl (C=O) groups is 3. The third-order valence-corrected chi connectivity index (χ3v) is 7.25. The molecule has 0 atom stereocenters. The van der Waals surface area contributed by atoms with E-state index in [4.69, 9.17) is 0 Å². The molecule has 0 saturated heterocycles. The Morgan fingerprint density at radius 1 is 0.730 bits per heavy atom. The summed E-state index contributed by atoms with van der Waals surface area (Å²) < 4.78 is 0. The van der Waals surface area contributed by atoms with Crippen molar-refractivity contribution in [3.8, 4) is 0 Å². The lowest BCUT2D eigenvalue weighted by atomic mass is 10.0. The second-order valence-electron chi connectivity index (χ2n) is 8.60. The largest absolute Gasteiger partial charge is 0.478 e. The first-order chi connectivity index (χ1) is 18.0. The number of hydrogen-bond acceptors (Lipinski definition) is 4. The molecule has 0 spiro atoms. The highest BCUT2D eigenvalue weighted by atomic mass is 32.2. The van der Waals surface area contributed by atoms with Crippen LogP contribution in [0.2, 0.25) is 0 Å². The number of carbonyl (C=O) groups excluding carboxylic acids is 2. The summed E-state index contributed by atoms with van der Waals surface area (Å²) in [5.74, 6) is -1.40. The summed E-state index contributed by atoms with van der Waals surface area (Å²) in [4.78, 5) is 40.2. The third kappa shape index (κ3) is 5.27. The average molecular weight is 509 g/mol. The van der Waals surface area contributed by atoms with Gasteiger partial charge < -0.3 is 10.4 Å². The number of rotatable bonds is 6. The molecule has 1 aliphatic heterocycles. The predicted octanol–water partition coefficient (Wildman–Crippen LogP) is 6.19. The zero-order chi connectivity index (χ0) is 25.8. The molecule has 1 aliphatic rings. The first-order valence-electron chi connectivity index (χ1n) is 11.9. The van der Waals surface area contributed by atoms with Gasteiger partial charge in [0.05, 0.1) is 28.3 Å². The molecule has 6 nitrogen and oxygen atoms in total. The monoisotopic (exact) mass is 508 g/mol. The van der Waals surface area contributed by atoms with Crippen molar-refractivity contribution < 1.29 is 19.5 Å². The van der Waals surface area contributed by atoms with Gasteiger partial charge in [-0.1, -0.05) is 48.5 Å². The number of aryl methyl sites for hydroxylation is 2. The minimum absolute atomic E-state index is 0.00513. The van der Waals surface area contributed by atoms with E-state index in [2.05, 4.69) is 17.4 Å². The SMILES string of the molecule is O=C(O)c1ccccc1C(=O)Nc1ccc(SCC(=O)N2c3ccccc3CCc3ccccc32)cc1. The number of aromatic carboxylic acids is 1. The maximum Gasteiger partial charge on any atom is 0.336 e. The van der Waals surface area contributed by atoms with Crippen molar-refractivity contribution in [3.05, 3.63) is 119 Å². The number of carboxylic acid groups (broad SMARTS) is 1. The fraction of sp³-hybridized carbons (Fsp3) is 0.100. The van der Waals surface area contributed by atoms with Crippen LogP contribution in [0.15, 0.2) is 102 Å². The second-order valence-corrected chi connectivity index (χ2v) is 9.65. The molecule has 0 saturated carbocycles. The van der Waals surface area contributed by atoms with Crippen LogP contribution in [0.4, 0.5) is 17.1 Å². The van der Waals surface area contributed by atoms with E-state index in [9.17, 15) is 19.5 Å². The number of anilines is 3. The molecule has 0 aliphatic carbocycles. The lowest BCUT2D eigenvalue weighted by Gasteiger charge is -2.25. The normalized spacial score (nSPS) is 12.2. The molecule has 0 radical (unpaired) electrons. The minimum atomic E-state index is -1.16. The molecule has 5 rings (SSSR count). The van der Waals surface area contributed by atoms with Gasteiger partial charge in [0.15, 0.2) is 0 Å². The standard InChI is InChI=1S/C30H24N2O4S/c33-28(32-26-11-5-1-7-20(26)13-14-21-8-2-6-12-27(21)32)19-37-23-17-15-22(16-18-23)31-29(34)24-9-3-4-10-25(24)30(35)36/h1-12,15-18H,13-14,19H2,(H,31,34)(H,35,36). The van der Waals surface area contributed by atoms with Gasteiger partial charge in [0.1, 0.15) is 0 Å². The van der Waals surface area contributed by atoms with Gasteiger partial charge in [0.2, 0.25) is 5.91 Å². The van der Waals surface area contributed by atoms with Crippen LogP contribution < -0.4 is 10.2 Å². The van der Waals surface area contributed by atoms with Crippen LogP contribution in [0.25, 0.3) is 0 Å². The fourth-order valence-corrected chi connectivity index (χ4v) is 5.21. The van der Waals surface area contributed by atoms with Gasteiger partial charge >= 0.3 is 5.97 Å². The van der Waals surface area contributed by atoms with Crippen LogP contribution in [-0.4, -0.2) is 28.6 Å². The Bertz CT molecular complexity index is 1440. The summed E-state index contributed by atoms with van der Waals surface area (Å²) in [6, 6.07) is 29.3. The van der Waals surface area contributed by atoms with E-state index in [0.717, 1.165) is 40.2 Å². The zero-order valence-electron chi connectivity index (χ0n) is 19.9. The number of para-hydroxylation sites is 2. The molecule has 0 aromatic heterocycles. The summed E-state index contributed by atoms with van der Waals surface area (Å²) >= 11 is 1.43. The minimum Gasteiger partial charge on any atom is -0.478 e. The summed E-state index contributed by atoms with van der Waals surface area (Å²) in [5, 5.41) is 12.1. The van der Waals surface area contributed by atoms with E-state index in [1.807, 2.05) is 53.4 Å². The number of thioether (sulfide) groups is 1. The van der Waals surface area contributed by atoms with Crippen molar-refractivity contribution >= 4 is 46.6 Å². The van der Waals surface area contributed by atoms with Crippen molar-refractivity contribution in [2.45, 2.75) is 17.7 Å². The van der Waals surface area contributed by atoms with E-state index < -0.39 is 11.9 Å². The van der Waals surface area contributed by atoms with Gasteiger partial charge in [-0.2, -0.15) is 0 Å². The van der Waals surface area contributed by atoms with Crippen molar-refractivity contribution in [1.29, 1.82) is 0 Å². The van der Waals surface area contributed by atoms with Gasteiger partial charge in [-0.25, -0.2) is 4.79 Å². The molecule has 4 aromatic carbocycles. The maximum atomic E-state index is 13.5. The first-order valence-corrected chi connectivity index (χ1v) is 12.8. The van der Waals surface area contributed by atoms with E-state index in [0.29, 0.717) is 5.69 Å². The average Bonchev–Trinajstić information content (AvgIpc) is 3.09. The smallest absolute Gasteiger partial charge is 0.336 e. The Labute approximate surface area is 218 Å². The van der Waals surface area contributed by atoms with Crippen LogP contribution >= 0.6 is 11.8 Å². The second kappa shape index (κ2) is 10.7. The Kier molecular flexibility index (Phi) is 7.05. The molecule has 37 heavy (non-hydrogen) atoms. The number of benzene rings is 4.